The fourth-order valence-corrected chi connectivity index (χ4v) is 0.362. The number of hydrogen-bond acceptors (Lipinski definition) is 1. The summed E-state index contributed by atoms with van der Waals surface area (Å²) in [5.41, 5.74) is 4.63. The third-order valence-electron chi connectivity index (χ3n) is 0.981. The third-order valence-corrected chi connectivity index (χ3v) is 1.29. The Bertz CT molecular complexity index is 155. The van der Waals surface area contributed by atoms with Crippen molar-refractivity contribution in [1.82, 2.24) is 0 Å². The number of thiocarbonyl (C=S) groups is 1. The molecule has 0 aromatic carbocycles. The molecule has 0 unspecified atom stereocenters. The first-order valence-electron chi connectivity index (χ1n) is 2.31. The number of rotatable bonds is 1. The highest BCUT2D eigenvalue weighted by molar-refractivity contribution is 7.78. The van der Waals surface area contributed by atoms with Gasteiger partial charge in [0, 0.05) is 11.1 Å². The molecule has 0 N–H and O–H groups in total. The summed E-state index contributed by atoms with van der Waals surface area (Å²) < 4.78 is 0. The Balaban J connectivity index is 4.52. The van der Waals surface area contributed by atoms with Crippen LogP contribution in [0.15, 0.2) is 23.5 Å². The van der Waals surface area contributed by atoms with E-state index in [-0.39, 0.29) is 0 Å². The van der Waals surface area contributed by atoms with Crippen LogP contribution in [0.25, 0.3) is 0 Å². The van der Waals surface area contributed by atoms with E-state index in [2.05, 4.69) is 29.6 Å². The molecule has 0 aliphatic rings. The highest BCUT2D eigenvalue weighted by atomic mass is 32.1. The lowest BCUT2D eigenvalue weighted by Gasteiger charge is -1.87. The van der Waals surface area contributed by atoms with E-state index in [0.717, 1.165) is 11.1 Å². The molecule has 0 nitrogen and oxygen atoms in total. The molecule has 42 valence electrons. The molecule has 0 saturated carbocycles. The average Bonchev–Trinajstić information content (AvgIpc) is 1.84. The Hall–Kier alpha value is -0.610. The topological polar surface area (TPSA) is 0 Å². The van der Waals surface area contributed by atoms with Gasteiger partial charge in [0.15, 0.2) is 0 Å². The first kappa shape index (κ1) is 7.39. The summed E-state index contributed by atoms with van der Waals surface area (Å²) in [7, 11) is 0. The maximum atomic E-state index is 4.54. The minimum atomic E-state index is 0.940. The van der Waals surface area contributed by atoms with Crippen molar-refractivity contribution in [2.45, 2.75) is 13.8 Å². The zero-order chi connectivity index (χ0) is 6.57. The Morgan fingerprint density at radius 1 is 1.38 bits per heavy atom. The van der Waals surface area contributed by atoms with Crippen molar-refractivity contribution in [3.05, 3.63) is 23.5 Å². The Kier molecular flexibility index (Phi) is 3.14. The zero-order valence-electron chi connectivity index (χ0n) is 5.12. The summed E-state index contributed by atoms with van der Waals surface area (Å²) in [5.74, 6) is 0. The molecule has 0 saturated heterocycles. The van der Waals surface area contributed by atoms with Crippen LogP contribution in [0, 0.1) is 0 Å². The maximum absolute atomic E-state index is 4.54. The van der Waals surface area contributed by atoms with Crippen molar-refractivity contribution < 1.29 is 0 Å². The van der Waals surface area contributed by atoms with Crippen LogP contribution in [-0.4, -0.2) is 5.02 Å². The van der Waals surface area contributed by atoms with E-state index in [0.29, 0.717) is 0 Å². The van der Waals surface area contributed by atoms with Gasteiger partial charge in [-0.15, -0.1) is 5.73 Å². The van der Waals surface area contributed by atoms with E-state index in [9.17, 15) is 0 Å². The molecular formula is C7H8S. The summed E-state index contributed by atoms with van der Waals surface area (Å²) in [4.78, 5) is 0. The van der Waals surface area contributed by atoms with Crippen molar-refractivity contribution in [2.24, 2.45) is 0 Å². The van der Waals surface area contributed by atoms with Crippen molar-refractivity contribution in [1.29, 1.82) is 0 Å². The van der Waals surface area contributed by atoms with Crippen LogP contribution in [-0.2, 0) is 0 Å². The lowest BCUT2D eigenvalue weighted by Crippen LogP contribution is -1.73. The van der Waals surface area contributed by atoms with Gasteiger partial charge < -0.3 is 0 Å². The van der Waals surface area contributed by atoms with E-state index in [1.807, 2.05) is 13.8 Å². The highest BCUT2D eigenvalue weighted by Gasteiger charge is 1.85. The van der Waals surface area contributed by atoms with Crippen LogP contribution in [0.4, 0.5) is 0 Å². The van der Waals surface area contributed by atoms with Crippen LogP contribution in [0.5, 0.6) is 0 Å². The normalized spacial score (nSPS) is 6.75. The lowest BCUT2D eigenvalue weighted by atomic mass is 10.2. The third kappa shape index (κ3) is 1.90. The van der Waals surface area contributed by atoms with E-state index in [1.165, 1.54) is 0 Å². The molecule has 0 rings (SSSR count). The van der Waals surface area contributed by atoms with Crippen molar-refractivity contribution in [2.75, 3.05) is 0 Å². The second kappa shape index (κ2) is 3.40. The minimum Gasteiger partial charge on any atom is -0.125 e. The monoisotopic (exact) mass is 124 g/mol. The molecule has 0 spiro atoms. The molecule has 0 aromatic heterocycles. The van der Waals surface area contributed by atoms with Crippen LogP contribution in [0.3, 0.4) is 0 Å². The molecule has 0 aliphatic heterocycles. The van der Waals surface area contributed by atoms with Crippen molar-refractivity contribution in [3.8, 4) is 0 Å². The van der Waals surface area contributed by atoms with Gasteiger partial charge in [-0.25, -0.2) is 0 Å². The summed E-state index contributed by atoms with van der Waals surface area (Å²) in [6.07, 6.45) is 0. The second-order valence-electron chi connectivity index (χ2n) is 1.53. The Labute approximate surface area is 55.2 Å². The van der Waals surface area contributed by atoms with Gasteiger partial charge in [-0.05, 0) is 31.1 Å². The standard InChI is InChI=1S/C7H8S/c1-4-6(2)7(3)5-8/h1H2,2-3H3. The minimum absolute atomic E-state index is 0.940. The van der Waals surface area contributed by atoms with E-state index in [4.69, 9.17) is 0 Å². The fourth-order valence-electron chi connectivity index (χ4n) is 0.209. The van der Waals surface area contributed by atoms with Gasteiger partial charge in [0.05, 0.1) is 0 Å². The van der Waals surface area contributed by atoms with Crippen LogP contribution < -0.4 is 0 Å². The smallest absolute Gasteiger partial charge is 0.0130 e. The van der Waals surface area contributed by atoms with Crippen molar-refractivity contribution >= 4 is 17.2 Å². The number of allylic oxidation sites excluding steroid dienone is 2. The Morgan fingerprint density at radius 3 is 2.00 bits per heavy atom. The first-order chi connectivity index (χ1) is 3.72. The van der Waals surface area contributed by atoms with Crippen molar-refractivity contribution in [3.63, 3.8) is 0 Å². The quantitative estimate of drug-likeness (QED) is 0.293. The van der Waals surface area contributed by atoms with Gasteiger partial charge in [-0.1, -0.05) is 6.58 Å². The molecule has 0 bridgehead atoms. The summed E-state index contributed by atoms with van der Waals surface area (Å²) in [5, 5.41) is 2.58. The maximum Gasteiger partial charge on any atom is 0.0130 e. The van der Waals surface area contributed by atoms with Gasteiger partial charge in [0.25, 0.3) is 0 Å². The molecule has 0 amide bonds. The molecular weight excluding hydrogens is 116 g/mol. The van der Waals surface area contributed by atoms with Crippen LogP contribution in [0.1, 0.15) is 13.8 Å². The highest BCUT2D eigenvalue weighted by Crippen LogP contribution is 1.99. The largest absolute Gasteiger partial charge is 0.125 e. The van der Waals surface area contributed by atoms with Crippen LogP contribution >= 0.6 is 12.2 Å². The first-order valence-corrected chi connectivity index (χ1v) is 2.72. The predicted molar refractivity (Wildman–Crippen MR) is 40.1 cm³/mol. The van der Waals surface area contributed by atoms with E-state index in [1.54, 1.807) is 0 Å². The summed E-state index contributed by atoms with van der Waals surface area (Å²) >= 11 is 4.54. The molecule has 8 heavy (non-hydrogen) atoms. The number of hydrogen-bond donors (Lipinski definition) is 0. The molecule has 0 aromatic rings. The molecule has 0 radical (unpaired) electrons. The molecule has 1 heteroatoms. The van der Waals surface area contributed by atoms with Gasteiger partial charge in [0.1, 0.15) is 0 Å². The van der Waals surface area contributed by atoms with Gasteiger partial charge in [-0.2, -0.15) is 0 Å². The van der Waals surface area contributed by atoms with E-state index < -0.39 is 0 Å². The second-order valence-corrected chi connectivity index (χ2v) is 1.73. The average molecular weight is 124 g/mol. The molecule has 0 aliphatic carbocycles. The van der Waals surface area contributed by atoms with Gasteiger partial charge >= 0.3 is 0 Å². The molecule has 0 fully saturated rings. The SMILES string of the molecule is C=C=C(C)C(C)=C=S. The lowest BCUT2D eigenvalue weighted by molar-refractivity contribution is 1.40. The molecule has 0 atom stereocenters. The predicted octanol–water partition coefficient (Wildman–Crippen LogP) is 2.26. The van der Waals surface area contributed by atoms with Crippen LogP contribution in [0.2, 0.25) is 0 Å². The van der Waals surface area contributed by atoms with Gasteiger partial charge in [-0.3, -0.25) is 0 Å². The zero-order valence-corrected chi connectivity index (χ0v) is 5.93. The molecule has 0 heterocycles. The fraction of sp³-hybridized carbons (Fsp3) is 0.286. The van der Waals surface area contributed by atoms with E-state index >= 15 is 0 Å². The Morgan fingerprint density at radius 2 is 1.88 bits per heavy atom. The summed E-state index contributed by atoms with van der Waals surface area (Å²) in [6, 6.07) is 0. The van der Waals surface area contributed by atoms with Gasteiger partial charge in [0.2, 0.25) is 0 Å². The summed E-state index contributed by atoms with van der Waals surface area (Å²) in [6.45, 7) is 7.25.